The highest BCUT2D eigenvalue weighted by Gasteiger charge is 2.18. The monoisotopic (exact) mass is 221 g/mol. The van der Waals surface area contributed by atoms with E-state index in [0.717, 1.165) is 6.07 Å². The van der Waals surface area contributed by atoms with Crippen LogP contribution in [0, 0.1) is 6.92 Å². The molecule has 3 nitrogen and oxygen atoms in total. The van der Waals surface area contributed by atoms with Crippen LogP contribution in [-0.2, 0) is 0 Å². The van der Waals surface area contributed by atoms with Gasteiger partial charge in [-0.1, -0.05) is 11.6 Å². The minimum absolute atomic E-state index is 0.0206. The summed E-state index contributed by atoms with van der Waals surface area (Å²) in [5.74, 6) is -1.38. The number of carboxylic acid groups (broad SMARTS) is 1. The number of rotatable bonds is 2. The second-order valence-corrected chi connectivity index (χ2v) is 3.01. The topological polar surface area (TPSA) is 50.2 Å². The van der Waals surface area contributed by atoms with Gasteiger partial charge in [-0.3, -0.25) is 0 Å². The summed E-state index contributed by atoms with van der Waals surface area (Å²) < 4.78 is 24.7. The summed E-state index contributed by atoms with van der Waals surface area (Å²) >= 11 is 5.57. The number of carbonyl (C=O) groups is 1. The smallest absolute Gasteiger partial charge is 0.354 e. The Labute approximate surface area is 83.3 Å². The molecule has 14 heavy (non-hydrogen) atoms. The first-order chi connectivity index (χ1) is 6.43. The molecule has 0 spiro atoms. The van der Waals surface area contributed by atoms with Gasteiger partial charge in [-0.15, -0.1) is 0 Å². The normalized spacial score (nSPS) is 10.6. The van der Waals surface area contributed by atoms with E-state index < -0.39 is 23.8 Å². The molecular formula is C8H6ClF2NO2. The van der Waals surface area contributed by atoms with E-state index in [-0.39, 0.29) is 10.6 Å². The van der Waals surface area contributed by atoms with Gasteiger partial charge in [0, 0.05) is 5.02 Å². The van der Waals surface area contributed by atoms with Crippen LogP contribution in [0.25, 0.3) is 0 Å². The maximum atomic E-state index is 12.3. The van der Waals surface area contributed by atoms with Crippen LogP contribution in [0.15, 0.2) is 6.07 Å². The summed E-state index contributed by atoms with van der Waals surface area (Å²) in [6.07, 6.45) is -2.83. The van der Waals surface area contributed by atoms with E-state index in [2.05, 4.69) is 4.98 Å². The fraction of sp³-hybridized carbons (Fsp3) is 0.250. The lowest BCUT2D eigenvalue weighted by atomic mass is 10.2. The summed E-state index contributed by atoms with van der Waals surface area (Å²) in [7, 11) is 0. The summed E-state index contributed by atoms with van der Waals surface area (Å²) in [5.41, 5.74) is -0.961. The Balaban J connectivity index is 3.35. The molecule has 76 valence electrons. The molecule has 0 saturated heterocycles. The van der Waals surface area contributed by atoms with Crippen molar-refractivity contribution >= 4 is 17.6 Å². The van der Waals surface area contributed by atoms with Gasteiger partial charge >= 0.3 is 5.97 Å². The molecule has 1 aromatic heterocycles. The van der Waals surface area contributed by atoms with E-state index in [0.29, 0.717) is 0 Å². The molecule has 1 aromatic rings. The average Bonchev–Trinajstić information content (AvgIpc) is 2.08. The van der Waals surface area contributed by atoms with Crippen LogP contribution in [0.2, 0.25) is 5.02 Å². The molecule has 0 unspecified atom stereocenters. The lowest BCUT2D eigenvalue weighted by molar-refractivity contribution is 0.0688. The van der Waals surface area contributed by atoms with Crippen LogP contribution in [0.1, 0.15) is 28.2 Å². The quantitative estimate of drug-likeness (QED) is 0.835. The van der Waals surface area contributed by atoms with Crippen molar-refractivity contribution in [1.29, 1.82) is 0 Å². The van der Waals surface area contributed by atoms with Gasteiger partial charge < -0.3 is 5.11 Å². The SMILES string of the molecule is Cc1c(Cl)cc(C(=O)O)nc1C(F)F. The summed E-state index contributed by atoms with van der Waals surface area (Å²) in [5, 5.41) is 8.52. The molecule has 1 N–H and O–H groups in total. The van der Waals surface area contributed by atoms with Gasteiger partial charge in [-0.25, -0.2) is 18.6 Å². The molecule has 0 saturated carbocycles. The number of nitrogens with zero attached hydrogens (tertiary/aromatic N) is 1. The summed E-state index contributed by atoms with van der Waals surface area (Å²) in [6.45, 7) is 1.36. The van der Waals surface area contributed by atoms with Crippen molar-refractivity contribution in [3.63, 3.8) is 0 Å². The molecule has 0 radical (unpaired) electrons. The van der Waals surface area contributed by atoms with E-state index in [9.17, 15) is 13.6 Å². The lowest BCUT2D eigenvalue weighted by Crippen LogP contribution is -2.05. The Bertz CT molecular complexity index is 382. The fourth-order valence-corrected chi connectivity index (χ4v) is 1.12. The van der Waals surface area contributed by atoms with Gasteiger partial charge in [0.25, 0.3) is 6.43 Å². The molecule has 0 fully saturated rings. The Morgan fingerprint density at radius 1 is 1.64 bits per heavy atom. The van der Waals surface area contributed by atoms with Crippen LogP contribution >= 0.6 is 11.6 Å². The Kier molecular flexibility index (Phi) is 3.00. The predicted octanol–water partition coefficient (Wildman–Crippen LogP) is 2.68. The van der Waals surface area contributed by atoms with Gasteiger partial charge in [0.2, 0.25) is 0 Å². The first kappa shape index (κ1) is 10.8. The zero-order valence-corrected chi connectivity index (χ0v) is 7.85. The second-order valence-electron chi connectivity index (χ2n) is 2.61. The van der Waals surface area contributed by atoms with Crippen molar-refractivity contribution < 1.29 is 18.7 Å². The first-order valence-electron chi connectivity index (χ1n) is 3.62. The number of alkyl halides is 2. The van der Waals surface area contributed by atoms with Crippen LogP contribution < -0.4 is 0 Å². The molecule has 0 atom stereocenters. The molecule has 1 heterocycles. The van der Waals surface area contributed by atoms with E-state index in [1.165, 1.54) is 6.92 Å². The highest BCUT2D eigenvalue weighted by atomic mass is 35.5. The van der Waals surface area contributed by atoms with Gasteiger partial charge in [-0.05, 0) is 18.6 Å². The predicted molar refractivity (Wildman–Crippen MR) is 45.9 cm³/mol. The van der Waals surface area contributed by atoms with Gasteiger partial charge in [0.05, 0.1) is 0 Å². The van der Waals surface area contributed by atoms with E-state index in [4.69, 9.17) is 16.7 Å². The summed E-state index contributed by atoms with van der Waals surface area (Å²) in [4.78, 5) is 13.8. The third kappa shape index (κ3) is 1.98. The fourth-order valence-electron chi connectivity index (χ4n) is 0.919. The van der Waals surface area contributed by atoms with Crippen molar-refractivity contribution in [3.05, 3.63) is 28.0 Å². The van der Waals surface area contributed by atoms with Gasteiger partial charge in [0.15, 0.2) is 0 Å². The minimum atomic E-state index is -2.83. The number of pyridine rings is 1. The standard InChI is InChI=1S/C8H6ClF2NO2/c1-3-4(9)2-5(8(13)14)12-6(3)7(10)11/h2,7H,1H3,(H,13,14). The van der Waals surface area contributed by atoms with Crippen LogP contribution in [-0.4, -0.2) is 16.1 Å². The van der Waals surface area contributed by atoms with E-state index in [1.807, 2.05) is 0 Å². The molecule has 1 rings (SSSR count). The van der Waals surface area contributed by atoms with Crippen LogP contribution in [0.3, 0.4) is 0 Å². The van der Waals surface area contributed by atoms with Crippen LogP contribution in [0.4, 0.5) is 8.78 Å². The van der Waals surface area contributed by atoms with Crippen molar-refractivity contribution in [2.75, 3.05) is 0 Å². The van der Waals surface area contributed by atoms with Crippen LogP contribution in [0.5, 0.6) is 0 Å². The number of hydrogen-bond donors (Lipinski definition) is 1. The largest absolute Gasteiger partial charge is 0.477 e. The maximum absolute atomic E-state index is 12.3. The molecule has 6 heteroatoms. The zero-order chi connectivity index (χ0) is 10.9. The van der Waals surface area contributed by atoms with Crippen molar-refractivity contribution in [2.24, 2.45) is 0 Å². The van der Waals surface area contributed by atoms with E-state index in [1.54, 1.807) is 0 Å². The first-order valence-corrected chi connectivity index (χ1v) is 3.99. The number of carboxylic acids is 1. The zero-order valence-electron chi connectivity index (χ0n) is 7.09. The number of aromatic nitrogens is 1. The second kappa shape index (κ2) is 3.88. The minimum Gasteiger partial charge on any atom is -0.477 e. The molecule has 0 aliphatic rings. The third-order valence-electron chi connectivity index (χ3n) is 1.67. The average molecular weight is 222 g/mol. The van der Waals surface area contributed by atoms with Gasteiger partial charge in [-0.2, -0.15) is 0 Å². The Hall–Kier alpha value is -1.23. The maximum Gasteiger partial charge on any atom is 0.354 e. The van der Waals surface area contributed by atoms with Crippen molar-refractivity contribution in [3.8, 4) is 0 Å². The molecule has 0 amide bonds. The van der Waals surface area contributed by atoms with Gasteiger partial charge in [0.1, 0.15) is 11.4 Å². The summed E-state index contributed by atoms with van der Waals surface area (Å²) in [6, 6.07) is 1.05. The number of aromatic carboxylic acids is 1. The molecule has 0 bridgehead atoms. The molecule has 0 aliphatic heterocycles. The Morgan fingerprint density at radius 3 is 2.64 bits per heavy atom. The highest BCUT2D eigenvalue weighted by molar-refractivity contribution is 6.31. The molecule has 0 aromatic carbocycles. The number of halogens is 3. The van der Waals surface area contributed by atoms with E-state index >= 15 is 0 Å². The van der Waals surface area contributed by atoms with Crippen molar-refractivity contribution in [1.82, 2.24) is 4.98 Å². The lowest BCUT2D eigenvalue weighted by Gasteiger charge is -2.06. The molecule has 0 aliphatic carbocycles. The Morgan fingerprint density at radius 2 is 2.21 bits per heavy atom. The number of hydrogen-bond acceptors (Lipinski definition) is 2. The van der Waals surface area contributed by atoms with Crippen molar-refractivity contribution in [2.45, 2.75) is 13.3 Å². The molecular weight excluding hydrogens is 216 g/mol. The third-order valence-corrected chi connectivity index (χ3v) is 2.07. The highest BCUT2D eigenvalue weighted by Crippen LogP contribution is 2.26.